The second-order valence-electron chi connectivity index (χ2n) is 7.23. The molecule has 0 saturated heterocycles. The second kappa shape index (κ2) is 8.12. The van der Waals surface area contributed by atoms with Gasteiger partial charge in [0.25, 0.3) is 5.91 Å². The van der Waals surface area contributed by atoms with E-state index in [1.807, 2.05) is 0 Å². The van der Waals surface area contributed by atoms with Gasteiger partial charge in [-0.2, -0.15) is 13.2 Å². The summed E-state index contributed by atoms with van der Waals surface area (Å²) >= 11 is 0. The Hall–Kier alpha value is -2.70. The van der Waals surface area contributed by atoms with Crippen LogP contribution in [0.3, 0.4) is 0 Å². The van der Waals surface area contributed by atoms with Crippen LogP contribution in [0.25, 0.3) is 0 Å². The third kappa shape index (κ3) is 5.65. The Labute approximate surface area is 161 Å². The van der Waals surface area contributed by atoms with E-state index < -0.39 is 17.6 Å². The van der Waals surface area contributed by atoms with Crippen molar-refractivity contribution in [1.29, 1.82) is 0 Å². The van der Waals surface area contributed by atoms with Crippen LogP contribution in [0.15, 0.2) is 36.4 Å². The van der Waals surface area contributed by atoms with Gasteiger partial charge >= 0.3 is 6.18 Å². The summed E-state index contributed by atoms with van der Waals surface area (Å²) in [7, 11) is 0. The summed E-state index contributed by atoms with van der Waals surface area (Å²) in [4.78, 5) is 28.8. The third-order valence-electron chi connectivity index (χ3n) is 4.57. The minimum absolute atomic E-state index is 0.0277. The number of amides is 1. The molecule has 0 radical (unpaired) electrons. The van der Waals surface area contributed by atoms with Crippen molar-refractivity contribution in [2.45, 2.75) is 45.3 Å². The molecular weight excluding hydrogens is 369 g/mol. The molecule has 3 rings (SSSR count). The first kappa shape index (κ1) is 20.0. The minimum atomic E-state index is -4.43. The smallest absolute Gasteiger partial charge is 0.348 e. The molecule has 1 amide bonds. The first-order chi connectivity index (χ1) is 13.2. The zero-order valence-electron chi connectivity index (χ0n) is 15.5. The number of Topliss-reactive ketones (excluding diaryl/α,β-unsaturated/α-hetero) is 1. The standard InChI is InChI=1S/C21H21F3N2O2/c1-13-7-16(10-18(26-13)11-19(27)9-14-5-6-14)20(28)25-12-15-3-2-4-17(8-15)21(22,23)24/h2-4,7-8,10,14H,5-6,9,11-12H2,1H3,(H,25,28). The van der Waals surface area contributed by atoms with Crippen LogP contribution in [0.1, 0.15) is 52.1 Å². The lowest BCUT2D eigenvalue weighted by molar-refractivity contribution is -0.137. The van der Waals surface area contributed by atoms with Crippen LogP contribution < -0.4 is 5.32 Å². The number of hydrogen-bond acceptors (Lipinski definition) is 3. The molecule has 1 fully saturated rings. The number of carbonyl (C=O) groups excluding carboxylic acids is 2. The first-order valence-electron chi connectivity index (χ1n) is 9.14. The maximum atomic E-state index is 12.8. The van der Waals surface area contributed by atoms with E-state index >= 15 is 0 Å². The Kier molecular flexibility index (Phi) is 5.82. The largest absolute Gasteiger partial charge is 0.416 e. The lowest BCUT2D eigenvalue weighted by atomic mass is 10.1. The number of ketones is 1. The van der Waals surface area contributed by atoms with Crippen molar-refractivity contribution in [3.63, 3.8) is 0 Å². The molecule has 1 aliphatic rings. The second-order valence-corrected chi connectivity index (χ2v) is 7.23. The van der Waals surface area contributed by atoms with Gasteiger partial charge in [-0.15, -0.1) is 0 Å². The van der Waals surface area contributed by atoms with Crippen LogP contribution in [-0.4, -0.2) is 16.7 Å². The van der Waals surface area contributed by atoms with Crippen molar-refractivity contribution in [2.75, 3.05) is 0 Å². The summed E-state index contributed by atoms with van der Waals surface area (Å²) in [5.41, 5.74) is 1.09. The van der Waals surface area contributed by atoms with Crippen molar-refractivity contribution in [3.8, 4) is 0 Å². The van der Waals surface area contributed by atoms with Crippen LogP contribution in [0.5, 0.6) is 0 Å². The van der Waals surface area contributed by atoms with Gasteiger partial charge in [-0.3, -0.25) is 14.6 Å². The fraction of sp³-hybridized carbons (Fsp3) is 0.381. The predicted octanol–water partition coefficient (Wildman–Crippen LogP) is 4.25. The zero-order chi connectivity index (χ0) is 20.3. The van der Waals surface area contributed by atoms with Crippen molar-refractivity contribution < 1.29 is 22.8 Å². The number of rotatable bonds is 7. The van der Waals surface area contributed by atoms with Gasteiger partial charge < -0.3 is 5.32 Å². The molecule has 0 unspecified atom stereocenters. The fourth-order valence-corrected chi connectivity index (χ4v) is 3.02. The van der Waals surface area contributed by atoms with Crippen molar-refractivity contribution in [3.05, 3.63) is 64.5 Å². The Bertz CT molecular complexity index is 889. The summed E-state index contributed by atoms with van der Waals surface area (Å²) in [5.74, 6) is 0.183. The molecule has 0 spiro atoms. The normalized spacial score (nSPS) is 14.0. The molecule has 0 aliphatic heterocycles. The summed E-state index contributed by atoms with van der Waals surface area (Å²) in [6.45, 7) is 1.71. The summed E-state index contributed by atoms with van der Waals surface area (Å²) < 4.78 is 38.4. The van der Waals surface area contributed by atoms with Gasteiger partial charge in [-0.1, -0.05) is 12.1 Å². The van der Waals surface area contributed by atoms with Crippen molar-refractivity contribution in [2.24, 2.45) is 5.92 Å². The van der Waals surface area contributed by atoms with Crippen molar-refractivity contribution in [1.82, 2.24) is 10.3 Å². The van der Waals surface area contributed by atoms with Gasteiger partial charge in [0.05, 0.1) is 5.56 Å². The average molecular weight is 390 g/mol. The van der Waals surface area contributed by atoms with Crippen molar-refractivity contribution >= 4 is 11.7 Å². The highest BCUT2D eigenvalue weighted by atomic mass is 19.4. The Morgan fingerprint density at radius 2 is 1.93 bits per heavy atom. The topological polar surface area (TPSA) is 59.1 Å². The van der Waals surface area contributed by atoms with Gasteiger partial charge in [0.15, 0.2) is 0 Å². The van der Waals surface area contributed by atoms with E-state index in [4.69, 9.17) is 0 Å². The molecule has 1 heterocycles. The number of pyridine rings is 1. The van der Waals surface area contributed by atoms with Crippen LogP contribution in [0.2, 0.25) is 0 Å². The first-order valence-corrected chi connectivity index (χ1v) is 9.14. The Morgan fingerprint density at radius 3 is 2.61 bits per heavy atom. The molecule has 7 heteroatoms. The molecule has 1 saturated carbocycles. The predicted molar refractivity (Wildman–Crippen MR) is 97.6 cm³/mol. The maximum Gasteiger partial charge on any atom is 0.416 e. The van der Waals surface area contributed by atoms with Gasteiger partial charge in [0.2, 0.25) is 0 Å². The molecule has 28 heavy (non-hydrogen) atoms. The van der Waals surface area contributed by atoms with Gasteiger partial charge in [0.1, 0.15) is 5.78 Å². The maximum absolute atomic E-state index is 12.8. The Balaban J connectivity index is 1.64. The summed E-state index contributed by atoms with van der Waals surface area (Å²) in [6, 6.07) is 8.00. The van der Waals surface area contributed by atoms with Crippen LogP contribution in [0.4, 0.5) is 13.2 Å². The quantitative estimate of drug-likeness (QED) is 0.769. The molecule has 1 aromatic heterocycles. The third-order valence-corrected chi connectivity index (χ3v) is 4.57. The van der Waals surface area contributed by atoms with Gasteiger partial charge in [0, 0.05) is 36.3 Å². The van der Waals surface area contributed by atoms with E-state index in [9.17, 15) is 22.8 Å². The molecule has 4 nitrogen and oxygen atoms in total. The van der Waals surface area contributed by atoms with Crippen LogP contribution in [-0.2, 0) is 23.9 Å². The van der Waals surface area contributed by atoms with E-state index in [1.54, 1.807) is 19.1 Å². The number of carbonyl (C=O) groups is 2. The molecule has 2 aromatic rings. The molecular formula is C21H21F3N2O2. The van der Waals surface area contributed by atoms with E-state index in [1.165, 1.54) is 12.1 Å². The minimum Gasteiger partial charge on any atom is -0.348 e. The summed E-state index contributed by atoms with van der Waals surface area (Å²) in [6.07, 6.45) is -1.50. The lowest BCUT2D eigenvalue weighted by Gasteiger charge is -2.10. The molecule has 1 N–H and O–H groups in total. The number of aromatic nitrogens is 1. The van der Waals surface area contributed by atoms with E-state index in [-0.39, 0.29) is 18.7 Å². The van der Waals surface area contributed by atoms with E-state index in [0.29, 0.717) is 34.9 Å². The van der Waals surface area contributed by atoms with Crippen LogP contribution >= 0.6 is 0 Å². The number of hydrogen-bond donors (Lipinski definition) is 1. The zero-order valence-corrected chi connectivity index (χ0v) is 15.5. The molecule has 148 valence electrons. The highest BCUT2D eigenvalue weighted by Gasteiger charge is 2.30. The van der Waals surface area contributed by atoms with E-state index in [2.05, 4.69) is 10.3 Å². The molecule has 1 aliphatic carbocycles. The number of nitrogens with one attached hydrogen (secondary N) is 1. The van der Waals surface area contributed by atoms with Gasteiger partial charge in [-0.25, -0.2) is 0 Å². The van der Waals surface area contributed by atoms with Crippen LogP contribution in [0, 0.1) is 12.8 Å². The number of benzene rings is 1. The summed E-state index contributed by atoms with van der Waals surface area (Å²) in [5, 5.41) is 2.62. The fourth-order valence-electron chi connectivity index (χ4n) is 3.02. The van der Waals surface area contributed by atoms with E-state index in [0.717, 1.165) is 25.0 Å². The average Bonchev–Trinajstić information content (AvgIpc) is 3.42. The molecule has 1 aromatic carbocycles. The number of halogens is 3. The number of nitrogens with zero attached hydrogens (tertiary/aromatic N) is 1. The highest BCUT2D eigenvalue weighted by Crippen LogP contribution is 2.33. The molecule has 0 atom stereocenters. The highest BCUT2D eigenvalue weighted by molar-refractivity contribution is 5.94. The number of aryl methyl sites for hydroxylation is 1. The Morgan fingerprint density at radius 1 is 1.18 bits per heavy atom. The lowest BCUT2D eigenvalue weighted by Crippen LogP contribution is -2.23. The number of alkyl halides is 3. The SMILES string of the molecule is Cc1cc(C(=O)NCc2cccc(C(F)(F)F)c2)cc(CC(=O)CC2CC2)n1. The molecule has 0 bridgehead atoms. The van der Waals surface area contributed by atoms with Gasteiger partial charge in [-0.05, 0) is 55.5 Å². The monoisotopic (exact) mass is 390 g/mol.